The highest BCUT2D eigenvalue weighted by Gasteiger charge is 2.35. The van der Waals surface area contributed by atoms with Gasteiger partial charge in [0.1, 0.15) is 11.4 Å². The SMILES string of the molecule is COC(=O)c1cccnc1CN1C(=O)[C@@H](NC(=O)OC(C)(C)C)N=C(c2ccccc2F)c2ccccc21. The highest BCUT2D eigenvalue weighted by Crippen LogP contribution is 2.30. The molecule has 2 amide bonds. The number of ether oxygens (including phenoxy) is 2. The second kappa shape index (κ2) is 10.8. The number of hydrogen-bond acceptors (Lipinski definition) is 7. The Balaban J connectivity index is 1.86. The third kappa shape index (κ3) is 5.69. The molecule has 1 N–H and O–H groups in total. The molecule has 0 aliphatic carbocycles. The Morgan fingerprint density at radius 1 is 1.03 bits per heavy atom. The smallest absolute Gasteiger partial charge is 0.409 e. The lowest BCUT2D eigenvalue weighted by Gasteiger charge is -2.26. The second-order valence-corrected chi connectivity index (χ2v) is 9.44. The fourth-order valence-corrected chi connectivity index (χ4v) is 3.98. The summed E-state index contributed by atoms with van der Waals surface area (Å²) < 4.78 is 25.2. The van der Waals surface area contributed by atoms with Crippen molar-refractivity contribution >= 4 is 29.4 Å². The second-order valence-electron chi connectivity index (χ2n) is 9.44. The Morgan fingerprint density at radius 2 is 1.71 bits per heavy atom. The van der Waals surface area contributed by atoms with Crippen molar-refractivity contribution in [2.24, 2.45) is 4.99 Å². The van der Waals surface area contributed by atoms with E-state index in [9.17, 15) is 18.8 Å². The number of nitrogens with one attached hydrogen (secondary N) is 1. The molecule has 196 valence electrons. The van der Waals surface area contributed by atoms with Crippen molar-refractivity contribution in [3.8, 4) is 0 Å². The lowest BCUT2D eigenvalue weighted by atomic mass is 9.99. The van der Waals surface area contributed by atoms with E-state index in [1.54, 1.807) is 75.4 Å². The van der Waals surface area contributed by atoms with E-state index in [0.29, 0.717) is 11.3 Å². The molecule has 2 heterocycles. The first-order valence-corrected chi connectivity index (χ1v) is 11.8. The van der Waals surface area contributed by atoms with Gasteiger partial charge >= 0.3 is 12.1 Å². The van der Waals surface area contributed by atoms with Crippen LogP contribution in [0, 0.1) is 5.82 Å². The van der Waals surface area contributed by atoms with Gasteiger partial charge in [-0.25, -0.2) is 19.0 Å². The molecule has 1 atom stereocenters. The van der Waals surface area contributed by atoms with Crippen LogP contribution in [0.5, 0.6) is 0 Å². The number of esters is 1. The highest BCUT2D eigenvalue weighted by atomic mass is 19.1. The predicted molar refractivity (Wildman–Crippen MR) is 138 cm³/mol. The van der Waals surface area contributed by atoms with Gasteiger partial charge in [0.15, 0.2) is 0 Å². The molecule has 1 aromatic heterocycles. The lowest BCUT2D eigenvalue weighted by molar-refractivity contribution is -0.120. The van der Waals surface area contributed by atoms with Gasteiger partial charge in [-0.05, 0) is 51.1 Å². The number of carbonyl (C=O) groups is 3. The average molecular weight is 519 g/mol. The quantitative estimate of drug-likeness (QED) is 0.506. The summed E-state index contributed by atoms with van der Waals surface area (Å²) in [7, 11) is 1.25. The van der Waals surface area contributed by atoms with E-state index < -0.39 is 35.6 Å². The number of fused-ring (bicyclic) bond motifs is 1. The molecule has 1 aliphatic heterocycles. The van der Waals surface area contributed by atoms with Crippen LogP contribution in [0.3, 0.4) is 0 Å². The van der Waals surface area contributed by atoms with Gasteiger partial charge in [0.05, 0.1) is 36.3 Å². The van der Waals surface area contributed by atoms with E-state index in [1.165, 1.54) is 24.3 Å². The summed E-state index contributed by atoms with van der Waals surface area (Å²) >= 11 is 0. The van der Waals surface area contributed by atoms with Crippen LogP contribution in [0.4, 0.5) is 14.9 Å². The number of hydrogen-bond donors (Lipinski definition) is 1. The largest absolute Gasteiger partial charge is 0.465 e. The van der Waals surface area contributed by atoms with Crippen molar-refractivity contribution in [3.63, 3.8) is 0 Å². The summed E-state index contributed by atoms with van der Waals surface area (Å²) in [5, 5.41) is 2.51. The van der Waals surface area contributed by atoms with Crippen LogP contribution in [-0.4, -0.2) is 47.5 Å². The molecule has 9 nitrogen and oxygen atoms in total. The zero-order valence-electron chi connectivity index (χ0n) is 21.4. The van der Waals surface area contributed by atoms with E-state index in [2.05, 4.69) is 15.3 Å². The standard InChI is InChI=1S/C28H27FN4O5/c1-28(2,3)38-27(36)32-24-25(34)33(16-21-18(26(35)37-4)12-9-15-30-21)22-14-8-6-11-19(22)23(31-24)17-10-5-7-13-20(17)29/h5-15,24H,16H2,1-4H3,(H,32,36)/t24-/m1/s1. The highest BCUT2D eigenvalue weighted by molar-refractivity contribution is 6.20. The maximum atomic E-state index is 15.0. The maximum Gasteiger partial charge on any atom is 0.409 e. The van der Waals surface area contributed by atoms with E-state index in [1.807, 2.05) is 0 Å². The summed E-state index contributed by atoms with van der Waals surface area (Å²) in [5.41, 5.74) is 0.791. The predicted octanol–water partition coefficient (Wildman–Crippen LogP) is 4.24. The Labute approximate surface area is 219 Å². The Kier molecular flexibility index (Phi) is 7.52. The normalized spacial score (nSPS) is 15.2. The zero-order chi connectivity index (χ0) is 27.4. The molecule has 38 heavy (non-hydrogen) atoms. The zero-order valence-corrected chi connectivity index (χ0v) is 21.4. The number of benzodiazepines with no additional fused rings is 1. The third-order valence-corrected chi connectivity index (χ3v) is 5.59. The van der Waals surface area contributed by atoms with Crippen molar-refractivity contribution < 1.29 is 28.2 Å². The summed E-state index contributed by atoms with van der Waals surface area (Å²) in [6.07, 6.45) is -0.836. The minimum absolute atomic E-state index is 0.145. The van der Waals surface area contributed by atoms with Crippen LogP contribution in [0.2, 0.25) is 0 Å². The molecule has 0 spiro atoms. The Morgan fingerprint density at radius 3 is 2.39 bits per heavy atom. The van der Waals surface area contributed by atoms with Crippen LogP contribution in [-0.2, 0) is 20.8 Å². The van der Waals surface area contributed by atoms with Crippen LogP contribution in [0.15, 0.2) is 71.9 Å². The molecule has 0 saturated heterocycles. The third-order valence-electron chi connectivity index (χ3n) is 5.59. The molecular weight excluding hydrogens is 491 g/mol. The number of para-hydroxylation sites is 1. The van der Waals surface area contributed by atoms with Gasteiger partial charge in [0, 0.05) is 17.3 Å². The molecule has 1 aliphatic rings. The molecule has 0 radical (unpaired) electrons. The van der Waals surface area contributed by atoms with Crippen molar-refractivity contribution in [1.29, 1.82) is 0 Å². The average Bonchev–Trinajstić information content (AvgIpc) is 2.98. The van der Waals surface area contributed by atoms with Crippen LogP contribution < -0.4 is 10.2 Å². The number of benzene rings is 2. The van der Waals surface area contributed by atoms with Gasteiger partial charge in [-0.3, -0.25) is 15.1 Å². The fraction of sp³-hybridized carbons (Fsp3) is 0.250. The summed E-state index contributed by atoms with van der Waals surface area (Å²) in [4.78, 5) is 49.2. The van der Waals surface area contributed by atoms with Crippen molar-refractivity contribution in [1.82, 2.24) is 10.3 Å². The van der Waals surface area contributed by atoms with Crippen molar-refractivity contribution in [3.05, 3.63) is 95.1 Å². The van der Waals surface area contributed by atoms with Crippen LogP contribution in [0.25, 0.3) is 0 Å². The minimum Gasteiger partial charge on any atom is -0.465 e. The van der Waals surface area contributed by atoms with Gasteiger partial charge < -0.3 is 14.4 Å². The van der Waals surface area contributed by atoms with E-state index >= 15 is 0 Å². The first kappa shape index (κ1) is 26.5. The van der Waals surface area contributed by atoms with Crippen molar-refractivity contribution in [2.45, 2.75) is 39.1 Å². The first-order chi connectivity index (χ1) is 18.1. The monoisotopic (exact) mass is 518 g/mol. The minimum atomic E-state index is -1.46. The number of halogens is 1. The van der Waals surface area contributed by atoms with E-state index in [0.717, 1.165) is 0 Å². The number of methoxy groups -OCH3 is 1. The van der Waals surface area contributed by atoms with Crippen LogP contribution >= 0.6 is 0 Å². The van der Waals surface area contributed by atoms with Gasteiger partial charge in [-0.15, -0.1) is 0 Å². The number of aliphatic imine (C=N–C) groups is 1. The number of pyridine rings is 1. The number of alkyl carbamates (subject to hydrolysis) is 1. The Hall–Kier alpha value is -4.60. The topological polar surface area (TPSA) is 110 Å². The molecule has 0 saturated carbocycles. The molecule has 4 rings (SSSR count). The van der Waals surface area contributed by atoms with Crippen LogP contribution in [0.1, 0.15) is 48.0 Å². The number of amides is 2. The maximum absolute atomic E-state index is 15.0. The number of nitrogens with zero attached hydrogens (tertiary/aromatic N) is 3. The molecule has 0 unspecified atom stereocenters. The number of aromatic nitrogens is 1. The molecule has 2 aromatic carbocycles. The van der Waals surface area contributed by atoms with E-state index in [4.69, 9.17) is 9.47 Å². The first-order valence-electron chi connectivity index (χ1n) is 11.8. The number of rotatable bonds is 5. The van der Waals surface area contributed by atoms with Gasteiger partial charge in [0.2, 0.25) is 6.17 Å². The Bertz CT molecular complexity index is 1420. The van der Waals surface area contributed by atoms with Gasteiger partial charge in [-0.2, -0.15) is 0 Å². The molecular formula is C28H27FN4O5. The molecule has 0 fully saturated rings. The molecule has 0 bridgehead atoms. The fourth-order valence-electron chi connectivity index (χ4n) is 3.98. The molecule has 10 heteroatoms. The van der Waals surface area contributed by atoms with Gasteiger partial charge in [-0.1, -0.05) is 30.3 Å². The number of anilines is 1. The summed E-state index contributed by atoms with van der Waals surface area (Å²) in [6, 6.07) is 16.0. The van der Waals surface area contributed by atoms with Gasteiger partial charge in [0.25, 0.3) is 5.91 Å². The van der Waals surface area contributed by atoms with E-state index in [-0.39, 0.29) is 29.1 Å². The number of carbonyl (C=O) groups excluding carboxylic acids is 3. The summed E-state index contributed by atoms with van der Waals surface area (Å²) in [6.45, 7) is 4.92. The molecule has 3 aromatic rings. The summed E-state index contributed by atoms with van der Waals surface area (Å²) in [5.74, 6) is -1.79. The van der Waals surface area contributed by atoms with Crippen molar-refractivity contribution in [2.75, 3.05) is 12.0 Å². The lowest BCUT2D eigenvalue weighted by Crippen LogP contribution is -2.48.